The van der Waals surface area contributed by atoms with E-state index in [0.717, 1.165) is 13.0 Å². The van der Waals surface area contributed by atoms with Crippen molar-refractivity contribution in [3.8, 4) is 0 Å². The van der Waals surface area contributed by atoms with Crippen molar-refractivity contribution in [3.05, 3.63) is 34.6 Å². The minimum atomic E-state index is -0.613. The lowest BCUT2D eigenvalue weighted by Crippen LogP contribution is -2.43. The Morgan fingerprint density at radius 1 is 1.32 bits per heavy atom. The summed E-state index contributed by atoms with van der Waals surface area (Å²) in [6.07, 6.45) is 2.07. The molecule has 2 amide bonds. The van der Waals surface area contributed by atoms with Crippen molar-refractivity contribution < 1.29 is 14.0 Å². The van der Waals surface area contributed by atoms with Gasteiger partial charge in [-0.3, -0.25) is 9.59 Å². The van der Waals surface area contributed by atoms with Crippen LogP contribution in [0.2, 0.25) is 5.02 Å². The average molecular weight is 370 g/mol. The molecule has 7 heteroatoms. The van der Waals surface area contributed by atoms with Crippen LogP contribution in [-0.2, 0) is 4.79 Å². The highest BCUT2D eigenvalue weighted by molar-refractivity contribution is 6.33. The summed E-state index contributed by atoms with van der Waals surface area (Å²) in [6.45, 7) is 2.44. The Morgan fingerprint density at radius 2 is 2.00 bits per heavy atom. The topological polar surface area (TPSA) is 52.7 Å². The predicted octanol–water partition coefficient (Wildman–Crippen LogP) is 2.40. The fourth-order valence-corrected chi connectivity index (χ4v) is 3.20. The second kappa shape index (κ2) is 9.15. The summed E-state index contributed by atoms with van der Waals surface area (Å²) < 4.78 is 13.9. The van der Waals surface area contributed by atoms with E-state index in [4.69, 9.17) is 11.6 Å². The van der Waals surface area contributed by atoms with E-state index in [1.165, 1.54) is 18.2 Å². The van der Waals surface area contributed by atoms with Crippen LogP contribution in [0.3, 0.4) is 0 Å². The van der Waals surface area contributed by atoms with Crippen molar-refractivity contribution in [2.75, 3.05) is 40.3 Å². The van der Waals surface area contributed by atoms with Gasteiger partial charge >= 0.3 is 0 Å². The standard InChI is InChI=1S/C18H25ClFN3O2/c1-22(2)10-4-9-21-17(24)13-7-11-23(12-8-13)18(25)16-14(19)5-3-6-15(16)20/h3,5-6,13H,4,7-12H2,1-2H3,(H,21,24). The van der Waals surface area contributed by atoms with E-state index >= 15 is 0 Å². The second-order valence-electron chi connectivity index (χ2n) is 6.61. The van der Waals surface area contributed by atoms with Crippen LogP contribution in [0.4, 0.5) is 4.39 Å². The zero-order valence-electron chi connectivity index (χ0n) is 14.7. The van der Waals surface area contributed by atoms with E-state index in [1.807, 2.05) is 14.1 Å². The molecule has 25 heavy (non-hydrogen) atoms. The van der Waals surface area contributed by atoms with Gasteiger partial charge in [-0.1, -0.05) is 17.7 Å². The fourth-order valence-electron chi connectivity index (χ4n) is 2.96. The van der Waals surface area contributed by atoms with Gasteiger partial charge in [0, 0.05) is 25.6 Å². The maximum absolute atomic E-state index is 13.9. The minimum absolute atomic E-state index is 0.0368. The third kappa shape index (κ3) is 5.41. The smallest absolute Gasteiger partial charge is 0.258 e. The molecule has 0 spiro atoms. The monoisotopic (exact) mass is 369 g/mol. The summed E-state index contributed by atoms with van der Waals surface area (Å²) in [7, 11) is 3.99. The van der Waals surface area contributed by atoms with E-state index in [1.54, 1.807) is 4.90 Å². The van der Waals surface area contributed by atoms with Crippen molar-refractivity contribution in [2.45, 2.75) is 19.3 Å². The van der Waals surface area contributed by atoms with Crippen molar-refractivity contribution in [3.63, 3.8) is 0 Å². The number of hydrogen-bond donors (Lipinski definition) is 1. The summed E-state index contributed by atoms with van der Waals surface area (Å²) >= 11 is 5.96. The number of nitrogens with zero attached hydrogens (tertiary/aromatic N) is 2. The van der Waals surface area contributed by atoms with Crippen molar-refractivity contribution in [2.24, 2.45) is 5.92 Å². The normalized spacial score (nSPS) is 15.5. The van der Waals surface area contributed by atoms with Crippen molar-refractivity contribution in [1.82, 2.24) is 15.1 Å². The summed E-state index contributed by atoms with van der Waals surface area (Å²) in [5.41, 5.74) is -0.0873. The summed E-state index contributed by atoms with van der Waals surface area (Å²) in [6, 6.07) is 4.21. The number of piperidine rings is 1. The Labute approximate surface area is 153 Å². The Hall–Kier alpha value is -1.66. The first-order chi connectivity index (χ1) is 11.9. The third-order valence-electron chi connectivity index (χ3n) is 4.41. The number of nitrogens with one attached hydrogen (secondary N) is 1. The number of benzene rings is 1. The van der Waals surface area contributed by atoms with Gasteiger partial charge in [0.15, 0.2) is 0 Å². The number of carbonyl (C=O) groups is 2. The van der Waals surface area contributed by atoms with Gasteiger partial charge in [0.2, 0.25) is 5.91 Å². The summed E-state index contributed by atoms with van der Waals surface area (Å²) in [5, 5.41) is 3.07. The number of likely N-dealkylation sites (tertiary alicyclic amines) is 1. The minimum Gasteiger partial charge on any atom is -0.356 e. The maximum Gasteiger partial charge on any atom is 0.258 e. The lowest BCUT2D eigenvalue weighted by atomic mass is 9.95. The Kier molecular flexibility index (Phi) is 7.20. The van der Waals surface area contributed by atoms with Crippen LogP contribution in [0.1, 0.15) is 29.6 Å². The predicted molar refractivity (Wildman–Crippen MR) is 96.2 cm³/mol. The fraction of sp³-hybridized carbons (Fsp3) is 0.556. The van der Waals surface area contributed by atoms with Gasteiger partial charge in [0.1, 0.15) is 5.82 Å². The van der Waals surface area contributed by atoms with E-state index in [9.17, 15) is 14.0 Å². The molecule has 0 radical (unpaired) electrons. The van der Waals surface area contributed by atoms with Crippen LogP contribution >= 0.6 is 11.6 Å². The molecule has 138 valence electrons. The molecular formula is C18H25ClFN3O2. The molecule has 1 aromatic carbocycles. The van der Waals surface area contributed by atoms with E-state index in [-0.39, 0.29) is 22.4 Å². The van der Waals surface area contributed by atoms with E-state index in [2.05, 4.69) is 10.2 Å². The first kappa shape index (κ1) is 19.7. The molecule has 1 N–H and O–H groups in total. The highest BCUT2D eigenvalue weighted by atomic mass is 35.5. The van der Waals surface area contributed by atoms with Gasteiger partial charge < -0.3 is 15.1 Å². The lowest BCUT2D eigenvalue weighted by molar-refractivity contribution is -0.126. The Balaban J connectivity index is 1.83. The Morgan fingerprint density at radius 3 is 2.60 bits per heavy atom. The van der Waals surface area contributed by atoms with E-state index < -0.39 is 11.7 Å². The van der Waals surface area contributed by atoms with Crippen molar-refractivity contribution >= 4 is 23.4 Å². The molecule has 0 aromatic heterocycles. The average Bonchev–Trinajstić information content (AvgIpc) is 2.58. The number of hydrogen-bond acceptors (Lipinski definition) is 3. The summed E-state index contributed by atoms with van der Waals surface area (Å²) in [5.74, 6) is -1.08. The Bertz CT molecular complexity index is 596. The van der Waals surface area contributed by atoms with Crippen LogP contribution in [-0.4, -0.2) is 61.9 Å². The zero-order chi connectivity index (χ0) is 18.4. The SMILES string of the molecule is CN(C)CCCNC(=O)C1CCN(C(=O)c2c(F)cccc2Cl)CC1. The number of rotatable bonds is 6. The largest absolute Gasteiger partial charge is 0.356 e. The molecule has 1 aliphatic rings. The van der Waals surface area contributed by atoms with Gasteiger partial charge in [-0.15, -0.1) is 0 Å². The first-order valence-electron chi connectivity index (χ1n) is 8.56. The molecule has 1 heterocycles. The molecule has 1 saturated heterocycles. The molecule has 0 saturated carbocycles. The van der Waals surface area contributed by atoms with Crippen LogP contribution in [0.5, 0.6) is 0 Å². The zero-order valence-corrected chi connectivity index (χ0v) is 15.5. The summed E-state index contributed by atoms with van der Waals surface area (Å²) in [4.78, 5) is 28.3. The van der Waals surface area contributed by atoms with Gasteiger partial charge in [-0.2, -0.15) is 0 Å². The van der Waals surface area contributed by atoms with Gasteiger partial charge in [-0.05, 0) is 52.0 Å². The molecule has 1 aliphatic heterocycles. The van der Waals surface area contributed by atoms with Gasteiger partial charge in [0.25, 0.3) is 5.91 Å². The van der Waals surface area contributed by atoms with Crippen LogP contribution < -0.4 is 5.32 Å². The molecule has 1 fully saturated rings. The molecule has 0 unspecified atom stereocenters. The van der Waals surface area contributed by atoms with Crippen LogP contribution in [0.25, 0.3) is 0 Å². The molecular weight excluding hydrogens is 345 g/mol. The molecule has 1 aromatic rings. The number of halogens is 2. The van der Waals surface area contributed by atoms with Gasteiger partial charge in [0.05, 0.1) is 10.6 Å². The molecule has 0 bridgehead atoms. The van der Waals surface area contributed by atoms with Gasteiger partial charge in [-0.25, -0.2) is 4.39 Å². The highest BCUT2D eigenvalue weighted by Crippen LogP contribution is 2.24. The lowest BCUT2D eigenvalue weighted by Gasteiger charge is -2.31. The maximum atomic E-state index is 13.9. The van der Waals surface area contributed by atoms with Crippen LogP contribution in [0, 0.1) is 11.7 Å². The van der Waals surface area contributed by atoms with Crippen LogP contribution in [0.15, 0.2) is 18.2 Å². The first-order valence-corrected chi connectivity index (χ1v) is 8.93. The highest BCUT2D eigenvalue weighted by Gasteiger charge is 2.29. The van der Waals surface area contributed by atoms with E-state index in [0.29, 0.717) is 32.5 Å². The second-order valence-corrected chi connectivity index (χ2v) is 7.02. The molecule has 0 atom stereocenters. The molecule has 0 aliphatic carbocycles. The third-order valence-corrected chi connectivity index (χ3v) is 4.73. The molecule has 2 rings (SSSR count). The molecule has 5 nitrogen and oxygen atoms in total. The number of carbonyl (C=O) groups excluding carboxylic acids is 2. The number of amides is 2. The van der Waals surface area contributed by atoms with Crippen molar-refractivity contribution in [1.29, 1.82) is 0 Å². The quantitative estimate of drug-likeness (QED) is 0.783.